The van der Waals surface area contributed by atoms with Crippen molar-refractivity contribution in [3.05, 3.63) is 51.8 Å². The second-order valence-corrected chi connectivity index (χ2v) is 4.03. The molecule has 0 amide bonds. The van der Waals surface area contributed by atoms with Crippen LogP contribution in [-0.4, -0.2) is 18.7 Å². The van der Waals surface area contributed by atoms with Gasteiger partial charge in [0.1, 0.15) is 0 Å². The van der Waals surface area contributed by atoms with E-state index in [0.717, 1.165) is 4.57 Å². The van der Waals surface area contributed by atoms with E-state index < -0.39 is 0 Å². The zero-order valence-corrected chi connectivity index (χ0v) is 10.9. The van der Waals surface area contributed by atoms with Crippen LogP contribution in [0.15, 0.2) is 45.0 Å². The zero-order chi connectivity index (χ0) is 14.0. The Balaban J connectivity index is 0.000000224. The third kappa shape index (κ3) is 2.22. The number of hydrogen-bond acceptors (Lipinski definition) is 4. The molecule has 100 valence electrons. The highest BCUT2D eigenvalue weighted by atomic mass is 16.3. The van der Waals surface area contributed by atoms with E-state index in [2.05, 4.69) is 9.40 Å². The lowest BCUT2D eigenvalue weighted by Gasteiger charge is -2.02. The molecule has 3 aromatic heterocycles. The first kappa shape index (κ1) is 12.9. The van der Waals surface area contributed by atoms with Gasteiger partial charge in [0.25, 0.3) is 5.56 Å². The van der Waals surface area contributed by atoms with Crippen LogP contribution in [0.1, 0.15) is 0 Å². The van der Waals surface area contributed by atoms with Crippen molar-refractivity contribution < 1.29 is 4.42 Å². The lowest BCUT2D eigenvalue weighted by atomic mass is 10.5. The molecule has 19 heavy (non-hydrogen) atoms. The molecular weight excluding hydrogens is 248 g/mol. The highest BCUT2D eigenvalue weighted by molar-refractivity contribution is 5.69. The van der Waals surface area contributed by atoms with Gasteiger partial charge in [-0.05, 0) is 12.1 Å². The van der Waals surface area contributed by atoms with Gasteiger partial charge < -0.3 is 8.98 Å². The van der Waals surface area contributed by atoms with Gasteiger partial charge in [0.05, 0.1) is 18.9 Å². The van der Waals surface area contributed by atoms with Crippen LogP contribution in [0.3, 0.4) is 0 Å². The number of furan rings is 1. The fraction of sp³-hybridized carbons (Fsp3) is 0.250. The monoisotopic (exact) mass is 262 g/mol. The molecule has 0 bridgehead atoms. The highest BCUT2D eigenvalue weighted by Crippen LogP contribution is 2.01. The second-order valence-electron chi connectivity index (χ2n) is 4.03. The zero-order valence-electron chi connectivity index (χ0n) is 10.9. The molecule has 0 N–H and O–H groups in total. The number of aromatic nitrogens is 4. The van der Waals surface area contributed by atoms with Crippen molar-refractivity contribution in [2.24, 2.45) is 21.1 Å². The Morgan fingerprint density at radius 2 is 1.68 bits per heavy atom. The summed E-state index contributed by atoms with van der Waals surface area (Å²) in [5.41, 5.74) is 0.180. The van der Waals surface area contributed by atoms with Crippen molar-refractivity contribution >= 4 is 11.2 Å². The van der Waals surface area contributed by atoms with Crippen molar-refractivity contribution in [1.29, 1.82) is 0 Å². The minimum Gasteiger partial charge on any atom is -0.473 e. The summed E-state index contributed by atoms with van der Waals surface area (Å²) in [7, 11) is 4.77. The van der Waals surface area contributed by atoms with Crippen LogP contribution in [0.25, 0.3) is 11.2 Å². The first-order valence-corrected chi connectivity index (χ1v) is 5.58. The molecule has 0 atom stereocenters. The molecule has 0 unspecified atom stereocenters. The van der Waals surface area contributed by atoms with E-state index in [1.165, 1.54) is 17.9 Å². The maximum atomic E-state index is 11.7. The van der Waals surface area contributed by atoms with Crippen molar-refractivity contribution in [3.63, 3.8) is 0 Å². The highest BCUT2D eigenvalue weighted by Gasteiger charge is 2.11. The predicted molar refractivity (Wildman–Crippen MR) is 69.9 cm³/mol. The molecule has 0 fully saturated rings. The number of nitrogens with zero attached hydrogens (tertiary/aromatic N) is 4. The van der Waals surface area contributed by atoms with Gasteiger partial charge in [-0.25, -0.2) is 9.78 Å². The Morgan fingerprint density at radius 3 is 2.21 bits per heavy atom. The molecule has 0 aromatic carbocycles. The van der Waals surface area contributed by atoms with Gasteiger partial charge in [0.2, 0.25) is 0 Å². The Kier molecular flexibility index (Phi) is 3.37. The molecule has 0 saturated carbocycles. The summed E-state index contributed by atoms with van der Waals surface area (Å²) in [4.78, 5) is 27.2. The summed E-state index contributed by atoms with van der Waals surface area (Å²) in [6.07, 6.45) is 4.77. The molecule has 0 radical (unpaired) electrons. The van der Waals surface area contributed by atoms with Gasteiger partial charge >= 0.3 is 5.69 Å². The minimum absolute atomic E-state index is 0.317. The molecule has 0 spiro atoms. The number of imidazole rings is 1. The number of fused-ring (bicyclic) bond motifs is 1. The van der Waals surface area contributed by atoms with Crippen LogP contribution in [0.2, 0.25) is 0 Å². The summed E-state index contributed by atoms with van der Waals surface area (Å²) in [6.45, 7) is 0. The lowest BCUT2D eigenvalue weighted by Crippen LogP contribution is -2.37. The topological polar surface area (TPSA) is 75.0 Å². The predicted octanol–water partition coefficient (Wildman–Crippen LogP) is 0.250. The number of hydrogen-bond donors (Lipinski definition) is 0. The van der Waals surface area contributed by atoms with E-state index >= 15 is 0 Å². The SMILES string of the molecule is Cn1c(=O)c2c(ncn2C)n(C)c1=O.c1ccoc1. The third-order valence-electron chi connectivity index (χ3n) is 2.74. The molecule has 7 nitrogen and oxygen atoms in total. The van der Waals surface area contributed by atoms with Crippen LogP contribution in [0, 0.1) is 0 Å². The van der Waals surface area contributed by atoms with Gasteiger partial charge in [0, 0.05) is 21.1 Å². The first-order chi connectivity index (χ1) is 9.04. The number of aryl methyl sites for hydroxylation is 2. The van der Waals surface area contributed by atoms with Crippen LogP contribution < -0.4 is 11.2 Å². The van der Waals surface area contributed by atoms with E-state index in [4.69, 9.17) is 0 Å². The quantitative estimate of drug-likeness (QED) is 0.582. The van der Waals surface area contributed by atoms with E-state index in [1.807, 2.05) is 12.1 Å². The van der Waals surface area contributed by atoms with E-state index in [1.54, 1.807) is 31.2 Å². The average Bonchev–Trinajstić information content (AvgIpc) is 3.06. The molecule has 0 aliphatic rings. The molecule has 0 aliphatic carbocycles. The number of rotatable bonds is 0. The van der Waals surface area contributed by atoms with Crippen LogP contribution in [0.4, 0.5) is 0 Å². The van der Waals surface area contributed by atoms with Crippen LogP contribution in [0.5, 0.6) is 0 Å². The molecule has 3 heterocycles. The maximum Gasteiger partial charge on any atom is 0.332 e. The third-order valence-corrected chi connectivity index (χ3v) is 2.74. The first-order valence-electron chi connectivity index (χ1n) is 5.58. The molecule has 0 aliphatic heterocycles. The van der Waals surface area contributed by atoms with Crippen molar-refractivity contribution in [2.45, 2.75) is 0 Å². The molecule has 3 rings (SSSR count). The van der Waals surface area contributed by atoms with Gasteiger partial charge in [-0.1, -0.05) is 0 Å². The standard InChI is InChI=1S/C8H10N4O2.C4H4O/c1-10-4-9-6-5(10)7(13)12(3)8(14)11(6)2;1-2-4-5-3-1/h4H,1-3H3;1-4H. The van der Waals surface area contributed by atoms with Gasteiger partial charge in [-0.15, -0.1) is 0 Å². The van der Waals surface area contributed by atoms with Crippen molar-refractivity contribution in [3.8, 4) is 0 Å². The summed E-state index contributed by atoms with van der Waals surface area (Å²) < 4.78 is 8.62. The van der Waals surface area contributed by atoms with E-state index in [-0.39, 0.29) is 11.2 Å². The summed E-state index contributed by atoms with van der Waals surface area (Å²) in [5, 5.41) is 0. The van der Waals surface area contributed by atoms with Crippen molar-refractivity contribution in [1.82, 2.24) is 18.7 Å². The van der Waals surface area contributed by atoms with E-state index in [9.17, 15) is 9.59 Å². The molecular formula is C12H14N4O3. The average molecular weight is 262 g/mol. The smallest absolute Gasteiger partial charge is 0.332 e. The van der Waals surface area contributed by atoms with Gasteiger partial charge in [0.15, 0.2) is 11.2 Å². The van der Waals surface area contributed by atoms with E-state index in [0.29, 0.717) is 11.2 Å². The van der Waals surface area contributed by atoms with Crippen molar-refractivity contribution in [2.75, 3.05) is 0 Å². The Bertz CT molecular complexity index is 776. The minimum atomic E-state index is -0.360. The van der Waals surface area contributed by atoms with Gasteiger partial charge in [-0.3, -0.25) is 13.9 Å². The molecule has 7 heteroatoms. The fourth-order valence-electron chi connectivity index (χ4n) is 1.70. The van der Waals surface area contributed by atoms with Crippen LogP contribution >= 0.6 is 0 Å². The maximum absolute atomic E-state index is 11.7. The largest absolute Gasteiger partial charge is 0.473 e. The van der Waals surface area contributed by atoms with Gasteiger partial charge in [-0.2, -0.15) is 0 Å². The normalized spacial score (nSPS) is 10.3. The Labute approximate surface area is 108 Å². The Morgan fingerprint density at radius 1 is 1.05 bits per heavy atom. The summed E-state index contributed by atoms with van der Waals surface area (Å²) in [6, 6.07) is 3.67. The molecule has 3 aromatic rings. The fourth-order valence-corrected chi connectivity index (χ4v) is 1.70. The summed E-state index contributed by atoms with van der Waals surface area (Å²) in [5.74, 6) is 0. The summed E-state index contributed by atoms with van der Waals surface area (Å²) >= 11 is 0. The van der Waals surface area contributed by atoms with Crippen LogP contribution in [-0.2, 0) is 21.1 Å². The molecule has 0 saturated heterocycles. The Hall–Kier alpha value is -2.57. The lowest BCUT2D eigenvalue weighted by molar-refractivity contribution is 0.567. The second kappa shape index (κ2) is 4.97.